The first-order valence-corrected chi connectivity index (χ1v) is 7.79. The molecule has 0 unspecified atom stereocenters. The molecule has 1 aliphatic rings. The third-order valence-electron chi connectivity index (χ3n) is 3.61. The van der Waals surface area contributed by atoms with Gasteiger partial charge in [-0.15, -0.1) is 0 Å². The van der Waals surface area contributed by atoms with Gasteiger partial charge < -0.3 is 15.4 Å². The van der Waals surface area contributed by atoms with E-state index < -0.39 is 5.41 Å². The quantitative estimate of drug-likeness (QED) is 0.590. The molecule has 5 nitrogen and oxygen atoms in total. The van der Waals surface area contributed by atoms with E-state index >= 15 is 0 Å². The fraction of sp³-hybridized carbons (Fsp3) is 0.467. The maximum Gasteiger partial charge on any atom is 0.240 e. The summed E-state index contributed by atoms with van der Waals surface area (Å²) in [5.74, 6) is -0.545. The summed E-state index contributed by atoms with van der Waals surface area (Å²) in [6, 6.07) is 4.82. The van der Waals surface area contributed by atoms with E-state index in [9.17, 15) is 9.59 Å². The second-order valence-corrected chi connectivity index (χ2v) is 6.08. The summed E-state index contributed by atoms with van der Waals surface area (Å²) in [4.78, 5) is 24.5. The maximum absolute atomic E-state index is 12.4. The van der Waals surface area contributed by atoms with Gasteiger partial charge in [0.2, 0.25) is 11.8 Å². The average molecular weight is 345 g/mol. The number of hydrogen-bond acceptors (Lipinski definition) is 3. The molecule has 1 aromatic carbocycles. The molecule has 2 rings (SSSR count). The molecule has 0 radical (unpaired) electrons. The van der Waals surface area contributed by atoms with Crippen LogP contribution in [0.3, 0.4) is 0 Å². The van der Waals surface area contributed by atoms with Crippen LogP contribution in [0.2, 0.25) is 10.0 Å². The number of methoxy groups -OCH3 is 1. The van der Waals surface area contributed by atoms with Crippen LogP contribution in [-0.2, 0) is 14.3 Å². The van der Waals surface area contributed by atoms with E-state index in [1.165, 1.54) is 0 Å². The van der Waals surface area contributed by atoms with Crippen LogP contribution in [0, 0.1) is 5.41 Å². The number of rotatable bonds is 7. The molecule has 0 saturated heterocycles. The fourth-order valence-electron chi connectivity index (χ4n) is 2.09. The topological polar surface area (TPSA) is 67.4 Å². The van der Waals surface area contributed by atoms with Gasteiger partial charge in [0.05, 0.1) is 10.0 Å². The van der Waals surface area contributed by atoms with Crippen molar-refractivity contribution in [2.24, 2.45) is 5.41 Å². The van der Waals surface area contributed by atoms with Gasteiger partial charge in [0, 0.05) is 25.9 Å². The first kappa shape index (κ1) is 17.1. The minimum Gasteiger partial charge on any atom is -0.385 e. The molecule has 0 heterocycles. The fourth-order valence-corrected chi connectivity index (χ4v) is 2.39. The van der Waals surface area contributed by atoms with E-state index in [2.05, 4.69) is 10.6 Å². The number of halogens is 2. The molecule has 0 bridgehead atoms. The van der Waals surface area contributed by atoms with Crippen molar-refractivity contribution in [3.63, 3.8) is 0 Å². The van der Waals surface area contributed by atoms with E-state index in [0.717, 1.165) is 0 Å². The van der Waals surface area contributed by atoms with Crippen LogP contribution in [0.5, 0.6) is 0 Å². The van der Waals surface area contributed by atoms with Gasteiger partial charge in [-0.25, -0.2) is 0 Å². The monoisotopic (exact) mass is 344 g/mol. The molecule has 0 atom stereocenters. The molecule has 2 amide bonds. The number of nitrogens with one attached hydrogen (secondary N) is 2. The first-order valence-electron chi connectivity index (χ1n) is 7.03. The van der Waals surface area contributed by atoms with Gasteiger partial charge in [-0.2, -0.15) is 0 Å². The van der Waals surface area contributed by atoms with E-state index in [1.54, 1.807) is 25.3 Å². The number of benzene rings is 1. The second kappa shape index (κ2) is 7.31. The van der Waals surface area contributed by atoms with Gasteiger partial charge in [0.15, 0.2) is 0 Å². The molecule has 1 aliphatic carbocycles. The third-order valence-corrected chi connectivity index (χ3v) is 4.35. The summed E-state index contributed by atoms with van der Waals surface area (Å²) in [5, 5.41) is 6.28. The highest BCUT2D eigenvalue weighted by molar-refractivity contribution is 6.42. The van der Waals surface area contributed by atoms with Gasteiger partial charge >= 0.3 is 0 Å². The second-order valence-electron chi connectivity index (χ2n) is 5.27. The highest BCUT2D eigenvalue weighted by Crippen LogP contribution is 2.47. The Kier molecular flexibility index (Phi) is 5.67. The smallest absolute Gasteiger partial charge is 0.240 e. The zero-order valence-corrected chi connectivity index (χ0v) is 13.8. The van der Waals surface area contributed by atoms with Crippen molar-refractivity contribution in [1.82, 2.24) is 5.32 Å². The Hall–Kier alpha value is -1.30. The molecule has 0 spiro atoms. The molecule has 120 valence electrons. The van der Waals surface area contributed by atoms with Crippen molar-refractivity contribution in [1.29, 1.82) is 0 Å². The predicted octanol–water partition coefficient (Wildman–Crippen LogP) is 2.86. The zero-order chi connectivity index (χ0) is 16.2. The van der Waals surface area contributed by atoms with Crippen LogP contribution < -0.4 is 10.6 Å². The van der Waals surface area contributed by atoms with Gasteiger partial charge in [-0.1, -0.05) is 23.2 Å². The molecule has 0 aromatic heterocycles. The first-order chi connectivity index (χ1) is 10.5. The van der Waals surface area contributed by atoms with Crippen molar-refractivity contribution < 1.29 is 14.3 Å². The lowest BCUT2D eigenvalue weighted by molar-refractivity contribution is -0.134. The van der Waals surface area contributed by atoms with Crippen molar-refractivity contribution in [2.75, 3.05) is 25.6 Å². The van der Waals surface area contributed by atoms with Crippen LogP contribution >= 0.6 is 23.2 Å². The van der Waals surface area contributed by atoms with Gasteiger partial charge in [-0.05, 0) is 37.5 Å². The summed E-state index contributed by atoms with van der Waals surface area (Å²) in [7, 11) is 1.61. The van der Waals surface area contributed by atoms with Crippen molar-refractivity contribution in [2.45, 2.75) is 19.3 Å². The lowest BCUT2D eigenvalue weighted by Crippen LogP contribution is -2.40. The normalized spacial score (nSPS) is 15.2. The van der Waals surface area contributed by atoms with Crippen molar-refractivity contribution >= 4 is 40.7 Å². The van der Waals surface area contributed by atoms with Gasteiger partial charge in [0.25, 0.3) is 0 Å². The Morgan fingerprint density at radius 3 is 2.55 bits per heavy atom. The Balaban J connectivity index is 1.93. The number of carbonyl (C=O) groups excluding carboxylic acids is 2. The molecule has 1 saturated carbocycles. The highest BCUT2D eigenvalue weighted by Gasteiger charge is 2.56. The number of carbonyl (C=O) groups is 2. The maximum atomic E-state index is 12.4. The molecule has 1 fully saturated rings. The summed E-state index contributed by atoms with van der Waals surface area (Å²) in [5.41, 5.74) is -0.433. The molecule has 22 heavy (non-hydrogen) atoms. The lowest BCUT2D eigenvalue weighted by Gasteiger charge is -2.15. The largest absolute Gasteiger partial charge is 0.385 e. The van der Waals surface area contributed by atoms with Crippen LogP contribution in [0.25, 0.3) is 0 Å². The van der Waals surface area contributed by atoms with Crippen LogP contribution in [0.1, 0.15) is 19.3 Å². The Labute approximate surface area is 139 Å². The van der Waals surface area contributed by atoms with E-state index in [0.29, 0.717) is 48.1 Å². The SMILES string of the molecule is COCCCNC(=O)C1(C(=O)Nc2ccc(Cl)c(Cl)c2)CC1. The minimum absolute atomic E-state index is 0.235. The summed E-state index contributed by atoms with van der Waals surface area (Å²) >= 11 is 11.7. The number of anilines is 1. The highest BCUT2D eigenvalue weighted by atomic mass is 35.5. The van der Waals surface area contributed by atoms with Crippen molar-refractivity contribution in [3.05, 3.63) is 28.2 Å². The predicted molar refractivity (Wildman–Crippen MR) is 86.3 cm³/mol. The molecule has 7 heteroatoms. The third kappa shape index (κ3) is 3.91. The van der Waals surface area contributed by atoms with E-state index in [-0.39, 0.29) is 11.8 Å². The standard InChI is InChI=1S/C15H18Cl2N2O3/c1-22-8-2-7-18-13(20)15(5-6-15)14(21)19-10-3-4-11(16)12(17)9-10/h3-4,9H,2,5-8H2,1H3,(H,18,20)(H,19,21). The Morgan fingerprint density at radius 2 is 1.95 bits per heavy atom. The summed E-state index contributed by atoms with van der Waals surface area (Å²) in [6.07, 6.45) is 1.82. The van der Waals surface area contributed by atoms with E-state index in [4.69, 9.17) is 27.9 Å². The van der Waals surface area contributed by atoms with E-state index in [1.807, 2.05) is 0 Å². The summed E-state index contributed by atoms with van der Waals surface area (Å²) in [6.45, 7) is 1.07. The lowest BCUT2D eigenvalue weighted by atomic mass is 10.0. The molecular formula is C15H18Cl2N2O3. The molecule has 2 N–H and O–H groups in total. The average Bonchev–Trinajstić information content (AvgIpc) is 3.29. The van der Waals surface area contributed by atoms with Crippen LogP contribution in [-0.4, -0.2) is 32.1 Å². The van der Waals surface area contributed by atoms with Crippen LogP contribution in [0.4, 0.5) is 5.69 Å². The Morgan fingerprint density at radius 1 is 1.23 bits per heavy atom. The molecular weight excluding hydrogens is 327 g/mol. The van der Waals surface area contributed by atoms with Crippen molar-refractivity contribution in [3.8, 4) is 0 Å². The molecule has 1 aromatic rings. The van der Waals surface area contributed by atoms with Gasteiger partial charge in [-0.3, -0.25) is 9.59 Å². The number of amides is 2. The number of hydrogen-bond donors (Lipinski definition) is 2. The Bertz CT molecular complexity index is 574. The van der Waals surface area contributed by atoms with Gasteiger partial charge in [0.1, 0.15) is 5.41 Å². The molecule has 0 aliphatic heterocycles. The number of ether oxygens (including phenoxy) is 1. The summed E-state index contributed by atoms with van der Waals surface area (Å²) < 4.78 is 4.92. The van der Waals surface area contributed by atoms with Crippen LogP contribution in [0.15, 0.2) is 18.2 Å². The minimum atomic E-state index is -0.959. The zero-order valence-electron chi connectivity index (χ0n) is 12.2.